The van der Waals surface area contributed by atoms with Crippen molar-refractivity contribution in [3.8, 4) is 5.75 Å². The first-order chi connectivity index (χ1) is 14.9. The Morgan fingerprint density at radius 3 is 2.58 bits per heavy atom. The highest BCUT2D eigenvalue weighted by Crippen LogP contribution is 2.29. The molecule has 164 valence electrons. The third kappa shape index (κ3) is 4.54. The normalized spacial score (nSPS) is 15.5. The molecule has 2 heterocycles. The van der Waals surface area contributed by atoms with Crippen LogP contribution in [0.1, 0.15) is 28.4 Å². The topological polar surface area (TPSA) is 63.6 Å². The summed E-state index contributed by atoms with van der Waals surface area (Å²) >= 11 is 0. The van der Waals surface area contributed by atoms with Crippen LogP contribution < -0.4 is 9.46 Å². The molecule has 0 amide bonds. The van der Waals surface area contributed by atoms with E-state index in [0.29, 0.717) is 5.75 Å². The van der Waals surface area contributed by atoms with Crippen LogP contribution in [-0.2, 0) is 30.0 Å². The van der Waals surface area contributed by atoms with Crippen LogP contribution in [0.4, 0.5) is 0 Å². The molecule has 6 nitrogen and oxygen atoms in total. The van der Waals surface area contributed by atoms with E-state index < -0.39 is 10.0 Å². The van der Waals surface area contributed by atoms with Crippen LogP contribution in [0.3, 0.4) is 0 Å². The van der Waals surface area contributed by atoms with Gasteiger partial charge < -0.3 is 9.30 Å². The van der Waals surface area contributed by atoms with Gasteiger partial charge in [0.25, 0.3) is 0 Å². The van der Waals surface area contributed by atoms with Gasteiger partial charge in [-0.05, 0) is 54.3 Å². The molecule has 1 unspecified atom stereocenters. The first-order valence-corrected chi connectivity index (χ1v) is 11.9. The van der Waals surface area contributed by atoms with Gasteiger partial charge in [0, 0.05) is 38.6 Å². The van der Waals surface area contributed by atoms with Crippen LogP contribution >= 0.6 is 0 Å². The van der Waals surface area contributed by atoms with Gasteiger partial charge in [-0.1, -0.05) is 30.3 Å². The number of nitrogens with zero attached hydrogens (tertiary/aromatic N) is 2. The summed E-state index contributed by atoms with van der Waals surface area (Å²) in [4.78, 5) is 2.53. The number of fused-ring (bicyclic) bond motifs is 1. The lowest BCUT2D eigenvalue weighted by atomic mass is 9.98. The fraction of sp³-hybridized carbons (Fsp3) is 0.333. The number of rotatable bonds is 7. The van der Waals surface area contributed by atoms with Gasteiger partial charge in [0.15, 0.2) is 0 Å². The summed E-state index contributed by atoms with van der Waals surface area (Å²) in [5, 5.41) is 0. The summed E-state index contributed by atoms with van der Waals surface area (Å²) in [7, 11) is -0.249. The van der Waals surface area contributed by atoms with Crippen molar-refractivity contribution >= 4 is 10.0 Å². The Hall–Kier alpha value is -2.61. The van der Waals surface area contributed by atoms with Gasteiger partial charge in [-0.3, -0.25) is 4.90 Å². The minimum absolute atomic E-state index is 0.0843. The number of hydrogen-bond donors (Lipinski definition) is 1. The average molecular weight is 440 g/mol. The molecule has 31 heavy (non-hydrogen) atoms. The number of benzene rings is 2. The summed E-state index contributed by atoms with van der Waals surface area (Å²) in [6.45, 7) is 3.82. The highest BCUT2D eigenvalue weighted by molar-refractivity contribution is 7.89. The first-order valence-electron chi connectivity index (χ1n) is 10.5. The van der Waals surface area contributed by atoms with Crippen molar-refractivity contribution in [3.05, 3.63) is 83.2 Å². The summed E-state index contributed by atoms with van der Waals surface area (Å²) in [6, 6.07) is 17.6. The van der Waals surface area contributed by atoms with Crippen LogP contribution in [0.2, 0.25) is 0 Å². The molecule has 1 aromatic heterocycles. The van der Waals surface area contributed by atoms with Gasteiger partial charge in [0.05, 0.1) is 13.2 Å². The zero-order chi connectivity index (χ0) is 22.0. The average Bonchev–Trinajstić information content (AvgIpc) is 3.19. The fourth-order valence-corrected chi connectivity index (χ4v) is 5.58. The van der Waals surface area contributed by atoms with Gasteiger partial charge >= 0.3 is 0 Å². The van der Waals surface area contributed by atoms with Gasteiger partial charge in [-0.2, -0.15) is 0 Å². The largest absolute Gasteiger partial charge is 0.495 e. The third-order valence-corrected chi connectivity index (χ3v) is 7.45. The van der Waals surface area contributed by atoms with E-state index in [9.17, 15) is 8.42 Å². The molecule has 7 heteroatoms. The Morgan fingerprint density at radius 2 is 1.87 bits per heavy atom. The highest BCUT2D eigenvalue weighted by atomic mass is 32.2. The molecule has 1 aliphatic rings. The second kappa shape index (κ2) is 8.86. The van der Waals surface area contributed by atoms with E-state index in [1.165, 1.54) is 18.2 Å². The van der Waals surface area contributed by atoms with Crippen molar-refractivity contribution in [1.29, 1.82) is 0 Å². The summed E-state index contributed by atoms with van der Waals surface area (Å²) in [5.41, 5.74) is 4.62. The predicted molar refractivity (Wildman–Crippen MR) is 122 cm³/mol. The van der Waals surface area contributed by atoms with Crippen molar-refractivity contribution in [1.82, 2.24) is 14.2 Å². The summed E-state index contributed by atoms with van der Waals surface area (Å²) < 4.78 is 36.6. The summed E-state index contributed by atoms with van der Waals surface area (Å²) in [6.07, 6.45) is 2.95. The third-order valence-electron chi connectivity index (χ3n) is 6.00. The van der Waals surface area contributed by atoms with Crippen LogP contribution in [-0.4, -0.2) is 38.1 Å². The van der Waals surface area contributed by atoms with Crippen molar-refractivity contribution in [2.45, 2.75) is 30.8 Å². The number of methoxy groups -OCH3 is 1. The molecule has 1 aliphatic heterocycles. The summed E-state index contributed by atoms with van der Waals surface area (Å²) in [5.74, 6) is 0.348. The molecule has 0 aliphatic carbocycles. The quantitative estimate of drug-likeness (QED) is 0.613. The van der Waals surface area contributed by atoms with Crippen LogP contribution in [0.25, 0.3) is 0 Å². The van der Waals surface area contributed by atoms with Gasteiger partial charge in [0.1, 0.15) is 10.6 Å². The van der Waals surface area contributed by atoms with E-state index in [-0.39, 0.29) is 17.5 Å². The monoisotopic (exact) mass is 439 g/mol. The molecule has 4 rings (SSSR count). The van der Waals surface area contributed by atoms with E-state index in [2.05, 4.69) is 44.5 Å². The molecular weight excluding hydrogens is 410 g/mol. The highest BCUT2D eigenvalue weighted by Gasteiger charge is 2.29. The lowest BCUT2D eigenvalue weighted by Gasteiger charge is -2.36. The van der Waals surface area contributed by atoms with Crippen LogP contribution in [0, 0.1) is 6.92 Å². The molecule has 0 fully saturated rings. The molecule has 2 aromatic carbocycles. The lowest BCUT2D eigenvalue weighted by Crippen LogP contribution is -2.41. The maximum Gasteiger partial charge on any atom is 0.244 e. The molecule has 0 bridgehead atoms. The van der Waals surface area contributed by atoms with Crippen molar-refractivity contribution in [3.63, 3.8) is 0 Å². The van der Waals surface area contributed by atoms with Crippen LogP contribution in [0.5, 0.6) is 5.75 Å². The zero-order valence-corrected chi connectivity index (χ0v) is 19.0. The minimum Gasteiger partial charge on any atom is -0.495 e. The van der Waals surface area contributed by atoms with Crippen molar-refractivity contribution in [2.24, 2.45) is 7.05 Å². The maximum atomic E-state index is 13.2. The lowest BCUT2D eigenvalue weighted by molar-refractivity contribution is 0.174. The molecule has 0 saturated heterocycles. The minimum atomic E-state index is -3.73. The number of hydrogen-bond acceptors (Lipinski definition) is 4. The SMILES string of the molecule is COc1ccc(C)cc1S(=O)(=O)NCC(c1cccn1C)N1CCc2ccccc2C1. The molecule has 1 atom stereocenters. The standard InChI is InChI=1S/C24H29N3O3S/c1-18-10-11-23(30-3)24(15-18)31(28,29)25-16-22(21-9-6-13-26(21)2)27-14-12-19-7-4-5-8-20(19)17-27/h4-11,13,15,22,25H,12,14,16-17H2,1-3H3. The van der Waals surface area contributed by atoms with E-state index >= 15 is 0 Å². The molecule has 0 spiro atoms. The number of nitrogens with one attached hydrogen (secondary N) is 1. The molecule has 0 saturated carbocycles. The number of sulfonamides is 1. The molecule has 1 N–H and O–H groups in total. The first kappa shape index (κ1) is 21.6. The van der Waals surface area contributed by atoms with Gasteiger partial charge in [-0.15, -0.1) is 0 Å². The Bertz CT molecular complexity index is 1170. The Balaban J connectivity index is 1.61. The van der Waals surface area contributed by atoms with E-state index in [1.54, 1.807) is 12.1 Å². The van der Waals surface area contributed by atoms with Crippen molar-refractivity contribution < 1.29 is 13.2 Å². The molecular formula is C24H29N3O3S. The smallest absolute Gasteiger partial charge is 0.244 e. The van der Waals surface area contributed by atoms with Crippen LogP contribution in [0.15, 0.2) is 65.7 Å². The number of aromatic nitrogens is 1. The predicted octanol–water partition coefficient (Wildman–Crippen LogP) is 3.42. The van der Waals surface area contributed by atoms with E-state index in [1.807, 2.05) is 32.3 Å². The van der Waals surface area contributed by atoms with Gasteiger partial charge in [-0.25, -0.2) is 13.1 Å². The second-order valence-corrected chi connectivity index (χ2v) is 9.79. The Morgan fingerprint density at radius 1 is 1.10 bits per heavy atom. The van der Waals surface area contributed by atoms with Gasteiger partial charge in [0.2, 0.25) is 10.0 Å². The van der Waals surface area contributed by atoms with E-state index in [0.717, 1.165) is 30.8 Å². The number of ether oxygens (including phenoxy) is 1. The number of aryl methyl sites for hydroxylation is 2. The molecule has 0 radical (unpaired) electrons. The van der Waals surface area contributed by atoms with E-state index in [4.69, 9.17) is 4.74 Å². The Kier molecular flexibility index (Phi) is 6.18. The van der Waals surface area contributed by atoms with Crippen molar-refractivity contribution in [2.75, 3.05) is 20.2 Å². The Labute approximate surface area is 184 Å². The molecule has 3 aromatic rings. The fourth-order valence-electron chi connectivity index (χ4n) is 4.29. The maximum absolute atomic E-state index is 13.2. The zero-order valence-electron chi connectivity index (χ0n) is 18.2. The second-order valence-electron chi connectivity index (χ2n) is 8.06.